The van der Waals surface area contributed by atoms with E-state index in [1.165, 1.54) is 19.3 Å². The highest BCUT2D eigenvalue weighted by Gasteiger charge is 2.51. The number of carbonyl (C=O) groups excluding carboxylic acids is 2. The van der Waals surface area contributed by atoms with Crippen molar-refractivity contribution in [1.29, 1.82) is 0 Å². The van der Waals surface area contributed by atoms with Gasteiger partial charge in [-0.3, -0.25) is 9.69 Å². The van der Waals surface area contributed by atoms with Gasteiger partial charge >= 0.3 is 6.09 Å². The van der Waals surface area contributed by atoms with Crippen LogP contribution >= 0.6 is 0 Å². The van der Waals surface area contributed by atoms with Crippen molar-refractivity contribution in [3.8, 4) is 0 Å². The van der Waals surface area contributed by atoms with Crippen LogP contribution in [0.3, 0.4) is 0 Å². The molecule has 0 saturated heterocycles. The summed E-state index contributed by atoms with van der Waals surface area (Å²) in [5, 5.41) is 3.34. The third-order valence-corrected chi connectivity index (χ3v) is 5.92. The van der Waals surface area contributed by atoms with Gasteiger partial charge in [0.25, 0.3) is 0 Å². The average molecular weight is 351 g/mol. The van der Waals surface area contributed by atoms with Gasteiger partial charge < -0.3 is 10.1 Å². The molecule has 4 bridgehead atoms. The maximum atomic E-state index is 12.7. The van der Waals surface area contributed by atoms with Crippen molar-refractivity contribution in [3.63, 3.8) is 0 Å². The number of hydrogen-bond donors (Lipinski definition) is 1. The van der Waals surface area contributed by atoms with Crippen molar-refractivity contribution in [1.82, 2.24) is 10.2 Å². The first-order chi connectivity index (χ1) is 11.7. The molecular formula is C20H34N2O3. The Morgan fingerprint density at radius 3 is 2.04 bits per heavy atom. The topological polar surface area (TPSA) is 58.6 Å². The minimum Gasteiger partial charge on any atom is -0.444 e. The number of ether oxygens (including phenoxy) is 1. The summed E-state index contributed by atoms with van der Waals surface area (Å²) in [4.78, 5) is 26.6. The van der Waals surface area contributed by atoms with E-state index in [1.54, 1.807) is 4.90 Å². The summed E-state index contributed by atoms with van der Waals surface area (Å²) in [6.45, 7) is 8.21. The van der Waals surface area contributed by atoms with E-state index in [0.29, 0.717) is 6.54 Å². The van der Waals surface area contributed by atoms with E-state index in [2.05, 4.69) is 5.32 Å². The lowest BCUT2D eigenvalue weighted by atomic mass is 9.53. The van der Waals surface area contributed by atoms with E-state index >= 15 is 0 Å². The van der Waals surface area contributed by atoms with Crippen molar-refractivity contribution in [2.24, 2.45) is 17.8 Å². The Morgan fingerprint density at radius 2 is 1.60 bits per heavy atom. The van der Waals surface area contributed by atoms with Crippen LogP contribution in [0.4, 0.5) is 4.79 Å². The van der Waals surface area contributed by atoms with Gasteiger partial charge in [0.1, 0.15) is 12.1 Å². The zero-order valence-electron chi connectivity index (χ0n) is 16.3. The minimum absolute atomic E-state index is 0.00233. The molecule has 0 spiro atoms. The van der Waals surface area contributed by atoms with Gasteiger partial charge in [0.05, 0.1) is 0 Å². The molecule has 4 fully saturated rings. The zero-order valence-corrected chi connectivity index (χ0v) is 16.3. The maximum Gasteiger partial charge on any atom is 0.410 e. The molecule has 4 aliphatic rings. The maximum absolute atomic E-state index is 12.7. The largest absolute Gasteiger partial charge is 0.444 e. The van der Waals surface area contributed by atoms with Crippen LogP contribution in [0.1, 0.15) is 72.6 Å². The summed E-state index contributed by atoms with van der Waals surface area (Å²) >= 11 is 0. The molecule has 0 heterocycles. The Labute approximate surface area is 151 Å². The number of carbonyl (C=O) groups is 2. The van der Waals surface area contributed by atoms with Crippen LogP contribution in [-0.4, -0.2) is 41.1 Å². The van der Waals surface area contributed by atoms with Gasteiger partial charge in [-0.05, 0) is 83.5 Å². The Hall–Kier alpha value is -1.26. The Bertz CT molecular complexity index is 488. The lowest BCUT2D eigenvalue weighted by Crippen LogP contribution is -2.61. The minimum atomic E-state index is -0.542. The Morgan fingerprint density at radius 1 is 1.08 bits per heavy atom. The van der Waals surface area contributed by atoms with Crippen molar-refractivity contribution in [2.45, 2.75) is 83.8 Å². The molecule has 0 radical (unpaired) electrons. The highest BCUT2D eigenvalue weighted by atomic mass is 16.6. The molecule has 0 aromatic heterocycles. The van der Waals surface area contributed by atoms with Gasteiger partial charge in [0.15, 0.2) is 0 Å². The Kier molecular flexibility index (Phi) is 5.04. The van der Waals surface area contributed by atoms with Crippen LogP contribution in [0.2, 0.25) is 0 Å². The first kappa shape index (κ1) is 18.5. The van der Waals surface area contributed by atoms with Gasteiger partial charge in [-0.2, -0.15) is 0 Å². The predicted molar refractivity (Wildman–Crippen MR) is 97.1 cm³/mol. The molecule has 4 rings (SSSR count). The van der Waals surface area contributed by atoms with Gasteiger partial charge in [-0.25, -0.2) is 4.79 Å². The summed E-state index contributed by atoms with van der Waals surface area (Å²) in [6.07, 6.45) is 7.87. The van der Waals surface area contributed by atoms with Crippen molar-refractivity contribution in [3.05, 3.63) is 0 Å². The molecule has 0 aromatic rings. The van der Waals surface area contributed by atoms with E-state index < -0.39 is 11.7 Å². The quantitative estimate of drug-likeness (QED) is 0.822. The van der Waals surface area contributed by atoms with Crippen molar-refractivity contribution < 1.29 is 14.3 Å². The van der Waals surface area contributed by atoms with Gasteiger partial charge in [0, 0.05) is 12.1 Å². The van der Waals surface area contributed by atoms with Crippen LogP contribution in [0.25, 0.3) is 0 Å². The van der Waals surface area contributed by atoms with E-state index in [4.69, 9.17) is 4.74 Å². The van der Waals surface area contributed by atoms with E-state index in [0.717, 1.165) is 43.4 Å². The molecular weight excluding hydrogens is 316 g/mol. The third-order valence-electron chi connectivity index (χ3n) is 5.92. The van der Waals surface area contributed by atoms with E-state index in [9.17, 15) is 9.59 Å². The molecule has 0 aliphatic heterocycles. The molecule has 4 saturated carbocycles. The Balaban J connectivity index is 1.59. The van der Waals surface area contributed by atoms with Gasteiger partial charge in [-0.1, -0.05) is 6.92 Å². The smallest absolute Gasteiger partial charge is 0.410 e. The summed E-state index contributed by atoms with van der Waals surface area (Å²) in [6, 6.07) is 0. The van der Waals surface area contributed by atoms with E-state index in [-0.39, 0.29) is 18.0 Å². The summed E-state index contributed by atoms with van der Waals surface area (Å²) in [7, 11) is 0. The second-order valence-corrected chi connectivity index (χ2v) is 9.65. The molecule has 1 N–H and O–H groups in total. The zero-order chi connectivity index (χ0) is 18.2. The number of nitrogens with one attached hydrogen (secondary N) is 1. The summed E-state index contributed by atoms with van der Waals surface area (Å²) in [5.74, 6) is 2.36. The van der Waals surface area contributed by atoms with Gasteiger partial charge in [0.2, 0.25) is 5.91 Å². The first-order valence-corrected chi connectivity index (χ1v) is 9.97. The fourth-order valence-electron chi connectivity index (χ4n) is 5.60. The highest BCUT2D eigenvalue weighted by Crippen LogP contribution is 2.55. The summed E-state index contributed by atoms with van der Waals surface area (Å²) in [5.41, 5.74) is -0.545. The fourth-order valence-corrected chi connectivity index (χ4v) is 5.60. The van der Waals surface area contributed by atoms with Gasteiger partial charge in [-0.15, -0.1) is 0 Å². The molecule has 25 heavy (non-hydrogen) atoms. The average Bonchev–Trinajstić information content (AvgIpc) is 2.42. The van der Waals surface area contributed by atoms with Crippen LogP contribution in [0.5, 0.6) is 0 Å². The van der Waals surface area contributed by atoms with Crippen LogP contribution in [-0.2, 0) is 9.53 Å². The normalized spacial score (nSPS) is 33.2. The summed E-state index contributed by atoms with van der Waals surface area (Å²) < 4.78 is 5.45. The van der Waals surface area contributed by atoms with Crippen LogP contribution in [0, 0.1) is 17.8 Å². The number of nitrogens with zero attached hydrogens (tertiary/aromatic N) is 1. The molecule has 0 aromatic carbocycles. The molecule has 2 amide bonds. The molecule has 4 aliphatic carbocycles. The molecule has 5 nitrogen and oxygen atoms in total. The lowest BCUT2D eigenvalue weighted by Gasteiger charge is -2.57. The molecule has 142 valence electrons. The van der Waals surface area contributed by atoms with Crippen molar-refractivity contribution in [2.75, 3.05) is 13.1 Å². The van der Waals surface area contributed by atoms with Crippen LogP contribution in [0.15, 0.2) is 0 Å². The van der Waals surface area contributed by atoms with Crippen LogP contribution < -0.4 is 5.32 Å². The SMILES string of the molecule is CCCN(CC(=O)NC12CC3CC(CC(C3)C1)C2)C(=O)OC(C)(C)C. The second kappa shape index (κ2) is 6.81. The second-order valence-electron chi connectivity index (χ2n) is 9.65. The van der Waals surface area contributed by atoms with E-state index in [1.807, 2.05) is 27.7 Å². The molecule has 0 atom stereocenters. The monoisotopic (exact) mass is 350 g/mol. The number of amides is 2. The van der Waals surface area contributed by atoms with Crippen molar-refractivity contribution >= 4 is 12.0 Å². The predicted octanol–water partition coefficient (Wildman–Crippen LogP) is 3.72. The lowest BCUT2D eigenvalue weighted by molar-refractivity contribution is -0.128. The highest BCUT2D eigenvalue weighted by molar-refractivity contribution is 5.83. The fraction of sp³-hybridized carbons (Fsp3) is 0.900. The number of hydrogen-bond acceptors (Lipinski definition) is 3. The number of rotatable bonds is 5. The standard InChI is InChI=1S/C20H34N2O3/c1-5-6-22(18(24)25-19(2,3)4)13-17(23)21-20-10-14-7-15(11-20)9-16(8-14)12-20/h14-16H,5-13H2,1-4H3,(H,21,23). The molecule has 0 unspecified atom stereocenters. The first-order valence-electron chi connectivity index (χ1n) is 9.97. The third kappa shape index (κ3) is 4.48. The molecule has 5 heteroatoms.